The maximum atomic E-state index is 2.40. The molecule has 0 fully saturated rings. The minimum absolute atomic E-state index is 1.26. The van der Waals surface area contributed by atoms with Crippen LogP contribution in [0, 0.1) is 0 Å². The highest BCUT2D eigenvalue weighted by Crippen LogP contribution is 2.46. The van der Waals surface area contributed by atoms with E-state index in [1.54, 1.807) is 0 Å². The Kier molecular flexibility index (Phi) is 3.42. The van der Waals surface area contributed by atoms with Crippen molar-refractivity contribution in [3.63, 3.8) is 0 Å². The van der Waals surface area contributed by atoms with Gasteiger partial charge in [0.25, 0.3) is 0 Å². The Morgan fingerprint density at radius 1 is 0.581 bits per heavy atom. The van der Waals surface area contributed by atoms with E-state index in [0.29, 0.717) is 0 Å². The highest BCUT2D eigenvalue weighted by atomic mass is 32.1. The van der Waals surface area contributed by atoms with Crippen molar-refractivity contribution in [1.29, 1.82) is 0 Å². The van der Waals surface area contributed by atoms with Gasteiger partial charge in [0.15, 0.2) is 0 Å². The zero-order valence-corrected chi connectivity index (χ0v) is 17.9. The Labute approximate surface area is 183 Å². The fraction of sp³-hybridized carbons (Fsp3) is 0.0345. The number of fused-ring (bicyclic) bond motifs is 10. The molecule has 0 spiro atoms. The molecule has 0 aliphatic carbocycles. The molecule has 0 radical (unpaired) electrons. The maximum Gasteiger partial charge on any atom is 0.0676 e. The third-order valence-corrected chi connectivity index (χ3v) is 7.76. The Balaban J connectivity index is 1.73. The van der Waals surface area contributed by atoms with Gasteiger partial charge in [-0.15, -0.1) is 11.3 Å². The number of hydrogen-bond donors (Lipinski definition) is 0. The third-order valence-electron chi connectivity index (χ3n) is 6.58. The van der Waals surface area contributed by atoms with Crippen molar-refractivity contribution >= 4 is 64.1 Å². The van der Waals surface area contributed by atoms with E-state index in [4.69, 9.17) is 0 Å². The summed E-state index contributed by atoms with van der Waals surface area (Å²) in [6.45, 7) is 0. The van der Waals surface area contributed by atoms with E-state index in [9.17, 15) is 0 Å². The lowest BCUT2D eigenvalue weighted by molar-refractivity contribution is 1.02. The van der Waals surface area contributed by atoms with Crippen molar-refractivity contribution in [3.8, 4) is 11.1 Å². The van der Waals surface area contributed by atoms with Crippen molar-refractivity contribution in [1.82, 2.24) is 4.57 Å². The molecule has 2 aromatic heterocycles. The first-order valence-corrected chi connectivity index (χ1v) is 11.4. The van der Waals surface area contributed by atoms with Gasteiger partial charge in [-0.25, -0.2) is 0 Å². The molecule has 2 heterocycles. The topological polar surface area (TPSA) is 4.93 Å². The largest absolute Gasteiger partial charge is 0.342 e. The molecule has 0 N–H and O–H groups in total. The molecule has 0 unspecified atom stereocenters. The smallest absolute Gasteiger partial charge is 0.0676 e. The van der Waals surface area contributed by atoms with Crippen molar-refractivity contribution in [2.75, 3.05) is 0 Å². The number of aromatic nitrogens is 1. The Morgan fingerprint density at radius 3 is 2.06 bits per heavy atom. The van der Waals surface area contributed by atoms with Gasteiger partial charge in [0.05, 0.1) is 10.2 Å². The molecule has 0 atom stereocenters. The summed E-state index contributed by atoms with van der Waals surface area (Å²) < 4.78 is 5.14. The van der Waals surface area contributed by atoms with E-state index in [1.165, 1.54) is 63.9 Å². The van der Waals surface area contributed by atoms with E-state index >= 15 is 0 Å². The lowest BCUT2D eigenvalue weighted by atomic mass is 9.98. The second-order valence-electron chi connectivity index (χ2n) is 8.23. The highest BCUT2D eigenvalue weighted by molar-refractivity contribution is 7.27. The van der Waals surface area contributed by atoms with Gasteiger partial charge >= 0.3 is 0 Å². The van der Waals surface area contributed by atoms with Gasteiger partial charge in [0.2, 0.25) is 0 Å². The summed E-state index contributed by atoms with van der Waals surface area (Å²) in [6.07, 6.45) is 0. The molecule has 0 aliphatic rings. The van der Waals surface area contributed by atoms with Crippen molar-refractivity contribution in [2.45, 2.75) is 0 Å². The summed E-state index contributed by atoms with van der Waals surface area (Å²) in [4.78, 5) is 0. The van der Waals surface area contributed by atoms with Crippen LogP contribution in [-0.4, -0.2) is 4.57 Å². The molecule has 7 rings (SSSR count). The number of hydrogen-bond acceptors (Lipinski definition) is 1. The van der Waals surface area contributed by atoms with Crippen LogP contribution in [0.5, 0.6) is 0 Å². The average molecular weight is 414 g/mol. The zero-order chi connectivity index (χ0) is 20.5. The summed E-state index contributed by atoms with van der Waals surface area (Å²) in [7, 11) is 2.22. The van der Waals surface area contributed by atoms with Crippen LogP contribution in [0.25, 0.3) is 63.9 Å². The van der Waals surface area contributed by atoms with Crippen molar-refractivity contribution < 1.29 is 0 Å². The van der Waals surface area contributed by atoms with Gasteiger partial charge in [0.1, 0.15) is 0 Å². The molecular formula is C29H19NS. The molecule has 0 aliphatic heterocycles. The van der Waals surface area contributed by atoms with E-state index in [-0.39, 0.29) is 0 Å². The summed E-state index contributed by atoms with van der Waals surface area (Å²) >= 11 is 1.92. The first-order chi connectivity index (χ1) is 15.3. The van der Waals surface area contributed by atoms with Crippen LogP contribution in [0.15, 0.2) is 97.1 Å². The predicted molar refractivity (Wildman–Crippen MR) is 136 cm³/mol. The normalized spacial score (nSPS) is 12.0. The molecule has 146 valence electrons. The van der Waals surface area contributed by atoms with E-state index in [1.807, 2.05) is 11.3 Å². The van der Waals surface area contributed by atoms with Gasteiger partial charge in [-0.05, 0) is 34.0 Å². The second-order valence-corrected chi connectivity index (χ2v) is 9.28. The van der Waals surface area contributed by atoms with E-state index in [0.717, 1.165) is 0 Å². The molecule has 7 aromatic rings. The van der Waals surface area contributed by atoms with Crippen LogP contribution < -0.4 is 0 Å². The summed E-state index contributed by atoms with van der Waals surface area (Å²) in [6, 6.07) is 35.3. The van der Waals surface area contributed by atoms with E-state index in [2.05, 4.69) is 109 Å². The standard InChI is InChI=1S/C29H19NS/c1-30-24-17-19(18-9-3-2-4-10-18)15-16-22(24)26-20-11-5-6-12-21(20)27-23-13-7-8-14-25(23)31-29(27)28(26)30/h2-17H,1H3. The molecule has 0 bridgehead atoms. The SMILES string of the molecule is Cn1c2cc(-c3ccccc3)ccc2c2c3ccccc3c3c4ccccc4sc3c21. The summed E-state index contributed by atoms with van der Waals surface area (Å²) in [5.74, 6) is 0. The number of rotatable bonds is 1. The van der Waals surface area contributed by atoms with Crippen LogP contribution >= 0.6 is 11.3 Å². The Bertz CT molecular complexity index is 1780. The van der Waals surface area contributed by atoms with Crippen molar-refractivity contribution in [2.24, 2.45) is 7.05 Å². The molecule has 1 nitrogen and oxygen atoms in total. The van der Waals surface area contributed by atoms with Gasteiger partial charge in [-0.1, -0.05) is 84.9 Å². The fourth-order valence-electron chi connectivity index (χ4n) is 5.18. The molecule has 0 saturated heterocycles. The minimum Gasteiger partial charge on any atom is -0.342 e. The van der Waals surface area contributed by atoms with Gasteiger partial charge in [-0.3, -0.25) is 0 Å². The van der Waals surface area contributed by atoms with Gasteiger partial charge in [0, 0.05) is 38.8 Å². The van der Waals surface area contributed by atoms with Gasteiger partial charge < -0.3 is 4.57 Å². The number of aryl methyl sites for hydroxylation is 1. The zero-order valence-electron chi connectivity index (χ0n) is 17.1. The molecule has 0 saturated carbocycles. The lowest BCUT2D eigenvalue weighted by Gasteiger charge is -2.06. The predicted octanol–water partition coefficient (Wildman–Crippen LogP) is 8.52. The molecule has 0 amide bonds. The molecule has 5 aromatic carbocycles. The minimum atomic E-state index is 1.26. The third kappa shape index (κ3) is 2.26. The Morgan fingerprint density at radius 2 is 1.26 bits per heavy atom. The molecule has 31 heavy (non-hydrogen) atoms. The van der Waals surface area contributed by atoms with Gasteiger partial charge in [-0.2, -0.15) is 0 Å². The number of nitrogens with zero attached hydrogens (tertiary/aromatic N) is 1. The summed E-state index contributed by atoms with van der Waals surface area (Å²) in [5.41, 5.74) is 5.14. The van der Waals surface area contributed by atoms with Crippen LogP contribution in [0.4, 0.5) is 0 Å². The average Bonchev–Trinajstić information content (AvgIpc) is 3.36. The highest BCUT2D eigenvalue weighted by Gasteiger charge is 2.19. The first kappa shape index (κ1) is 17.1. The van der Waals surface area contributed by atoms with E-state index < -0.39 is 0 Å². The molecular weight excluding hydrogens is 394 g/mol. The first-order valence-electron chi connectivity index (χ1n) is 10.6. The fourth-order valence-corrected chi connectivity index (χ4v) is 6.49. The van der Waals surface area contributed by atoms with Crippen LogP contribution in [0.2, 0.25) is 0 Å². The summed E-state index contributed by atoms with van der Waals surface area (Å²) in [5, 5.41) is 8.13. The number of benzene rings is 5. The quantitative estimate of drug-likeness (QED) is 0.254. The number of thiophene rings is 1. The van der Waals surface area contributed by atoms with Crippen LogP contribution in [-0.2, 0) is 7.05 Å². The van der Waals surface area contributed by atoms with Crippen molar-refractivity contribution in [3.05, 3.63) is 97.1 Å². The van der Waals surface area contributed by atoms with Crippen LogP contribution in [0.3, 0.4) is 0 Å². The Hall–Kier alpha value is -3.62. The molecule has 2 heteroatoms. The van der Waals surface area contributed by atoms with Crippen LogP contribution in [0.1, 0.15) is 0 Å². The lowest BCUT2D eigenvalue weighted by Crippen LogP contribution is -1.88. The monoisotopic (exact) mass is 413 g/mol. The maximum absolute atomic E-state index is 2.40. The second kappa shape index (κ2) is 6.19.